The molecule has 0 aliphatic heterocycles. The fraction of sp³-hybridized carbons (Fsp3) is 0.871. The quantitative estimate of drug-likeness (QED) is 0.0321. The minimum absolute atomic E-state index is 0.00121. The number of amides is 1. The lowest BCUT2D eigenvalue weighted by molar-refractivity contribution is -0.143. The highest BCUT2D eigenvalue weighted by Crippen LogP contribution is 2.16. The molecule has 0 fully saturated rings. The van der Waals surface area contributed by atoms with Crippen molar-refractivity contribution < 1.29 is 24.5 Å². The molecule has 0 aromatic rings. The van der Waals surface area contributed by atoms with Crippen molar-refractivity contribution in [3.8, 4) is 0 Å². The summed E-state index contributed by atoms with van der Waals surface area (Å²) in [5, 5.41) is 23.1. The standard InChI is InChI=1S/C62H117NO5/c1-3-5-7-9-11-13-15-17-19-23-28-32-36-40-44-48-52-56-62(67)68-57-53-49-45-41-37-33-29-25-22-21-24-27-31-35-39-43-47-51-55-61(66)63-59(58-64)60(65)54-50-46-42-38-34-30-26-20-18-16-14-12-10-8-6-4-2/h17,19,24,27,50,54,59-60,64-65H,3-16,18,20-23,25-26,28-49,51-53,55-58H2,1-2H3,(H,63,66)/b19-17-,27-24-,54-50+. The van der Waals surface area contributed by atoms with Crippen molar-refractivity contribution in [3.63, 3.8) is 0 Å². The highest BCUT2D eigenvalue weighted by molar-refractivity contribution is 5.76. The summed E-state index contributed by atoms with van der Waals surface area (Å²) in [6, 6.07) is -0.638. The summed E-state index contributed by atoms with van der Waals surface area (Å²) in [7, 11) is 0. The van der Waals surface area contributed by atoms with Crippen molar-refractivity contribution in [2.24, 2.45) is 0 Å². The van der Waals surface area contributed by atoms with Gasteiger partial charge in [0, 0.05) is 12.8 Å². The summed E-state index contributed by atoms with van der Waals surface area (Å²) in [4.78, 5) is 24.5. The summed E-state index contributed by atoms with van der Waals surface area (Å²) >= 11 is 0. The van der Waals surface area contributed by atoms with Gasteiger partial charge in [0.25, 0.3) is 0 Å². The Bertz CT molecular complexity index is 1100. The Balaban J connectivity index is 3.47. The zero-order valence-electron chi connectivity index (χ0n) is 45.6. The predicted octanol–water partition coefficient (Wildman–Crippen LogP) is 18.8. The highest BCUT2D eigenvalue weighted by atomic mass is 16.5. The van der Waals surface area contributed by atoms with Crippen molar-refractivity contribution in [2.45, 2.75) is 334 Å². The smallest absolute Gasteiger partial charge is 0.305 e. The minimum atomic E-state index is -0.853. The number of nitrogens with one attached hydrogen (secondary N) is 1. The molecule has 1 amide bonds. The molecular formula is C62H117NO5. The monoisotopic (exact) mass is 956 g/mol. The Hall–Kier alpha value is -1.92. The Morgan fingerprint density at radius 2 is 0.691 bits per heavy atom. The molecule has 3 N–H and O–H groups in total. The fourth-order valence-corrected chi connectivity index (χ4v) is 9.21. The summed E-state index contributed by atoms with van der Waals surface area (Å²) in [6.07, 6.45) is 71.7. The van der Waals surface area contributed by atoms with Crippen LogP contribution >= 0.6 is 0 Å². The number of aliphatic hydroxyl groups is 2. The van der Waals surface area contributed by atoms with Crippen LogP contribution in [0.15, 0.2) is 36.5 Å². The Kier molecular flexibility index (Phi) is 56.0. The topological polar surface area (TPSA) is 95.9 Å². The SMILES string of the molecule is CCCCCCCC/C=C\CCCCCCCCCC(=O)OCCCCCCCCCCC/C=C\CCCCCCCC(=O)NC(CO)C(O)/C=C/CCCCCCCCCCCCCCCC. The maximum Gasteiger partial charge on any atom is 0.305 e. The van der Waals surface area contributed by atoms with Crippen LogP contribution in [0.1, 0.15) is 322 Å². The van der Waals surface area contributed by atoms with Gasteiger partial charge in [-0.1, -0.05) is 262 Å². The fourth-order valence-electron chi connectivity index (χ4n) is 9.21. The summed E-state index contributed by atoms with van der Waals surface area (Å²) in [6.45, 7) is 4.89. The molecule has 0 spiro atoms. The molecular weight excluding hydrogens is 839 g/mol. The number of ether oxygens (including phenoxy) is 1. The maximum atomic E-state index is 12.5. The van der Waals surface area contributed by atoms with E-state index in [1.807, 2.05) is 6.08 Å². The zero-order valence-corrected chi connectivity index (χ0v) is 45.6. The van der Waals surface area contributed by atoms with Crippen LogP contribution < -0.4 is 5.32 Å². The van der Waals surface area contributed by atoms with Crippen LogP contribution in [0, 0.1) is 0 Å². The normalized spacial score (nSPS) is 12.8. The largest absolute Gasteiger partial charge is 0.466 e. The first-order chi connectivity index (χ1) is 33.5. The van der Waals surface area contributed by atoms with Crippen LogP contribution in [0.3, 0.4) is 0 Å². The lowest BCUT2D eigenvalue weighted by Gasteiger charge is -2.20. The molecule has 2 atom stereocenters. The molecule has 0 radical (unpaired) electrons. The predicted molar refractivity (Wildman–Crippen MR) is 296 cm³/mol. The van der Waals surface area contributed by atoms with Gasteiger partial charge in [-0.3, -0.25) is 9.59 Å². The van der Waals surface area contributed by atoms with Crippen LogP contribution in [-0.4, -0.2) is 47.4 Å². The third kappa shape index (κ3) is 53.4. The van der Waals surface area contributed by atoms with Crippen molar-refractivity contribution >= 4 is 11.9 Å². The van der Waals surface area contributed by atoms with Crippen molar-refractivity contribution in [2.75, 3.05) is 13.2 Å². The molecule has 0 bridgehead atoms. The Labute approximate surface area is 424 Å². The van der Waals surface area contributed by atoms with Crippen LogP contribution in [0.4, 0.5) is 0 Å². The zero-order chi connectivity index (χ0) is 49.3. The Morgan fingerprint density at radius 3 is 1.04 bits per heavy atom. The van der Waals surface area contributed by atoms with E-state index < -0.39 is 12.1 Å². The lowest BCUT2D eigenvalue weighted by atomic mass is 10.0. The average molecular weight is 957 g/mol. The second-order valence-corrected chi connectivity index (χ2v) is 20.7. The molecule has 0 aromatic carbocycles. The third-order valence-electron chi connectivity index (χ3n) is 13.9. The van der Waals surface area contributed by atoms with Gasteiger partial charge in [-0.2, -0.15) is 0 Å². The number of hydrogen-bond acceptors (Lipinski definition) is 5. The molecule has 0 saturated heterocycles. The Morgan fingerprint density at radius 1 is 0.397 bits per heavy atom. The van der Waals surface area contributed by atoms with Crippen molar-refractivity contribution in [1.82, 2.24) is 5.32 Å². The molecule has 0 aromatic heterocycles. The van der Waals surface area contributed by atoms with Crippen LogP contribution in [0.5, 0.6) is 0 Å². The third-order valence-corrected chi connectivity index (χ3v) is 13.9. The summed E-state index contributed by atoms with van der Waals surface area (Å²) in [5.74, 6) is -0.0825. The number of hydrogen-bond donors (Lipinski definition) is 3. The van der Waals surface area contributed by atoms with E-state index in [1.165, 1.54) is 238 Å². The number of unbranched alkanes of at least 4 members (excludes halogenated alkanes) is 41. The van der Waals surface area contributed by atoms with Gasteiger partial charge in [0.1, 0.15) is 0 Å². The number of esters is 1. The summed E-state index contributed by atoms with van der Waals surface area (Å²) < 4.78 is 5.48. The van der Waals surface area contributed by atoms with Gasteiger partial charge in [-0.25, -0.2) is 0 Å². The molecule has 2 unspecified atom stereocenters. The number of rotatable bonds is 56. The van der Waals surface area contributed by atoms with E-state index >= 15 is 0 Å². The molecule has 6 nitrogen and oxygen atoms in total. The van der Waals surface area contributed by atoms with Crippen LogP contribution in [0.2, 0.25) is 0 Å². The van der Waals surface area contributed by atoms with Crippen LogP contribution in [0.25, 0.3) is 0 Å². The first kappa shape index (κ1) is 66.1. The van der Waals surface area contributed by atoms with Crippen molar-refractivity contribution in [1.29, 1.82) is 0 Å². The first-order valence-corrected chi connectivity index (χ1v) is 30.3. The van der Waals surface area contributed by atoms with Gasteiger partial charge in [0.15, 0.2) is 0 Å². The molecule has 400 valence electrons. The van der Waals surface area contributed by atoms with E-state index in [9.17, 15) is 19.8 Å². The van der Waals surface area contributed by atoms with E-state index in [1.54, 1.807) is 6.08 Å². The van der Waals surface area contributed by atoms with Gasteiger partial charge in [-0.05, 0) is 83.5 Å². The second-order valence-electron chi connectivity index (χ2n) is 20.7. The van der Waals surface area contributed by atoms with Crippen LogP contribution in [-0.2, 0) is 14.3 Å². The molecule has 0 aliphatic rings. The highest BCUT2D eigenvalue weighted by Gasteiger charge is 2.18. The van der Waals surface area contributed by atoms with Gasteiger partial charge in [-0.15, -0.1) is 0 Å². The maximum absolute atomic E-state index is 12.5. The van der Waals surface area contributed by atoms with Crippen molar-refractivity contribution in [3.05, 3.63) is 36.5 Å². The molecule has 6 heteroatoms. The van der Waals surface area contributed by atoms with E-state index in [0.29, 0.717) is 19.4 Å². The molecule has 0 heterocycles. The number of carbonyl (C=O) groups excluding carboxylic acids is 2. The molecule has 0 aliphatic carbocycles. The van der Waals surface area contributed by atoms with E-state index in [2.05, 4.69) is 43.5 Å². The van der Waals surface area contributed by atoms with Gasteiger partial charge < -0.3 is 20.3 Å². The number of allylic oxidation sites excluding steroid dienone is 5. The van der Waals surface area contributed by atoms with Gasteiger partial charge in [0.2, 0.25) is 5.91 Å². The first-order valence-electron chi connectivity index (χ1n) is 30.3. The van der Waals surface area contributed by atoms with E-state index in [0.717, 1.165) is 57.8 Å². The average Bonchev–Trinajstić information content (AvgIpc) is 3.34. The second kappa shape index (κ2) is 57.7. The number of carbonyl (C=O) groups is 2. The molecule has 0 saturated carbocycles. The number of aliphatic hydroxyl groups excluding tert-OH is 2. The molecule has 0 rings (SSSR count). The van der Waals surface area contributed by atoms with E-state index in [-0.39, 0.29) is 18.5 Å². The van der Waals surface area contributed by atoms with Gasteiger partial charge in [0.05, 0.1) is 25.4 Å². The lowest BCUT2D eigenvalue weighted by Crippen LogP contribution is -2.45. The van der Waals surface area contributed by atoms with Gasteiger partial charge >= 0.3 is 5.97 Å². The summed E-state index contributed by atoms with van der Waals surface area (Å²) in [5.41, 5.74) is 0. The minimum Gasteiger partial charge on any atom is -0.466 e. The molecule has 68 heavy (non-hydrogen) atoms. The van der Waals surface area contributed by atoms with E-state index in [4.69, 9.17) is 4.74 Å².